The molecule has 0 aliphatic rings. The number of amides is 1. The molecule has 3 aromatic rings. The maximum atomic E-state index is 13.0. The van der Waals surface area contributed by atoms with Gasteiger partial charge in [0.25, 0.3) is 5.91 Å². The van der Waals surface area contributed by atoms with E-state index in [1.54, 1.807) is 29.7 Å². The SMILES string of the molecule is CCCNC(=O)c1cc2oc(C)cc2n1Cc1cccc(C(F)(F)F)c1. The van der Waals surface area contributed by atoms with E-state index in [0.29, 0.717) is 34.7 Å². The maximum absolute atomic E-state index is 13.0. The molecular weight excluding hydrogens is 345 g/mol. The quantitative estimate of drug-likeness (QED) is 0.710. The molecule has 1 amide bonds. The van der Waals surface area contributed by atoms with Crippen LogP contribution in [0.2, 0.25) is 0 Å². The number of aryl methyl sites for hydroxylation is 1. The van der Waals surface area contributed by atoms with Gasteiger partial charge in [0.15, 0.2) is 5.58 Å². The van der Waals surface area contributed by atoms with Crippen molar-refractivity contribution < 1.29 is 22.4 Å². The Bertz CT molecular complexity index is 938. The van der Waals surface area contributed by atoms with Crippen LogP contribution in [0.5, 0.6) is 0 Å². The van der Waals surface area contributed by atoms with Crippen molar-refractivity contribution in [2.24, 2.45) is 0 Å². The van der Waals surface area contributed by atoms with Gasteiger partial charge in [-0.05, 0) is 31.0 Å². The lowest BCUT2D eigenvalue weighted by Crippen LogP contribution is -2.26. The monoisotopic (exact) mass is 364 g/mol. The summed E-state index contributed by atoms with van der Waals surface area (Å²) in [4.78, 5) is 12.4. The number of benzene rings is 1. The number of alkyl halides is 3. The van der Waals surface area contributed by atoms with E-state index < -0.39 is 11.7 Å². The van der Waals surface area contributed by atoms with Crippen LogP contribution < -0.4 is 5.32 Å². The number of carbonyl (C=O) groups is 1. The number of aromatic nitrogens is 1. The van der Waals surface area contributed by atoms with Gasteiger partial charge in [-0.3, -0.25) is 4.79 Å². The number of hydrogen-bond acceptors (Lipinski definition) is 2. The lowest BCUT2D eigenvalue weighted by Gasteiger charge is -2.12. The van der Waals surface area contributed by atoms with Gasteiger partial charge in [-0.1, -0.05) is 19.1 Å². The highest BCUT2D eigenvalue weighted by molar-refractivity contribution is 5.97. The molecule has 0 fully saturated rings. The minimum Gasteiger partial charge on any atom is -0.460 e. The van der Waals surface area contributed by atoms with Gasteiger partial charge in [0.1, 0.15) is 11.5 Å². The summed E-state index contributed by atoms with van der Waals surface area (Å²) >= 11 is 0. The third-order valence-electron chi connectivity index (χ3n) is 4.08. The molecule has 0 aliphatic heterocycles. The first-order valence-corrected chi connectivity index (χ1v) is 8.33. The van der Waals surface area contributed by atoms with Crippen molar-refractivity contribution >= 4 is 17.0 Å². The van der Waals surface area contributed by atoms with Gasteiger partial charge in [-0.2, -0.15) is 13.2 Å². The summed E-state index contributed by atoms with van der Waals surface area (Å²) in [5.41, 5.74) is 1.33. The summed E-state index contributed by atoms with van der Waals surface area (Å²) in [6, 6.07) is 8.52. The van der Waals surface area contributed by atoms with Crippen LogP contribution >= 0.6 is 0 Å². The molecule has 0 saturated carbocycles. The van der Waals surface area contributed by atoms with Crippen LogP contribution in [-0.2, 0) is 12.7 Å². The molecule has 4 nitrogen and oxygen atoms in total. The van der Waals surface area contributed by atoms with E-state index in [0.717, 1.165) is 18.6 Å². The highest BCUT2D eigenvalue weighted by Crippen LogP contribution is 2.30. The first kappa shape index (κ1) is 18.1. The van der Waals surface area contributed by atoms with Crippen LogP contribution in [0.15, 0.2) is 40.8 Å². The van der Waals surface area contributed by atoms with E-state index in [9.17, 15) is 18.0 Å². The fourth-order valence-corrected chi connectivity index (χ4v) is 2.88. The zero-order chi connectivity index (χ0) is 18.9. The molecule has 0 radical (unpaired) electrons. The molecule has 0 saturated heterocycles. The zero-order valence-corrected chi connectivity index (χ0v) is 14.5. The highest BCUT2D eigenvalue weighted by atomic mass is 19.4. The smallest absolute Gasteiger partial charge is 0.416 e. The Morgan fingerprint density at radius 1 is 1.23 bits per heavy atom. The molecule has 0 bridgehead atoms. The number of fused-ring (bicyclic) bond motifs is 1. The van der Waals surface area contributed by atoms with Gasteiger partial charge in [-0.25, -0.2) is 0 Å². The van der Waals surface area contributed by atoms with Crippen molar-refractivity contribution in [2.75, 3.05) is 6.54 Å². The number of hydrogen-bond donors (Lipinski definition) is 1. The second kappa shape index (κ2) is 6.90. The van der Waals surface area contributed by atoms with Gasteiger partial charge in [-0.15, -0.1) is 0 Å². The third kappa shape index (κ3) is 3.61. The summed E-state index contributed by atoms with van der Waals surface area (Å²) in [5.74, 6) is 0.399. The van der Waals surface area contributed by atoms with Crippen molar-refractivity contribution in [1.82, 2.24) is 9.88 Å². The van der Waals surface area contributed by atoms with Crippen LogP contribution in [0, 0.1) is 6.92 Å². The molecule has 1 N–H and O–H groups in total. The second-order valence-corrected chi connectivity index (χ2v) is 6.18. The van der Waals surface area contributed by atoms with E-state index in [1.807, 2.05) is 6.92 Å². The molecule has 138 valence electrons. The lowest BCUT2D eigenvalue weighted by atomic mass is 10.1. The number of carbonyl (C=O) groups excluding carboxylic acids is 1. The van der Waals surface area contributed by atoms with E-state index in [2.05, 4.69) is 5.32 Å². The summed E-state index contributed by atoms with van der Waals surface area (Å²) in [7, 11) is 0. The van der Waals surface area contributed by atoms with Crippen LogP contribution in [0.4, 0.5) is 13.2 Å². The van der Waals surface area contributed by atoms with Crippen LogP contribution in [0.25, 0.3) is 11.1 Å². The average molecular weight is 364 g/mol. The summed E-state index contributed by atoms with van der Waals surface area (Å²) in [6.45, 7) is 4.39. The zero-order valence-electron chi connectivity index (χ0n) is 14.5. The van der Waals surface area contributed by atoms with Crippen molar-refractivity contribution in [3.63, 3.8) is 0 Å². The maximum Gasteiger partial charge on any atom is 0.416 e. The Hall–Kier alpha value is -2.70. The molecule has 0 spiro atoms. The molecule has 0 atom stereocenters. The van der Waals surface area contributed by atoms with Crippen LogP contribution in [-0.4, -0.2) is 17.0 Å². The Kier molecular flexibility index (Phi) is 4.80. The van der Waals surface area contributed by atoms with E-state index in [4.69, 9.17) is 4.42 Å². The lowest BCUT2D eigenvalue weighted by molar-refractivity contribution is -0.137. The van der Waals surface area contributed by atoms with Gasteiger partial charge >= 0.3 is 6.18 Å². The van der Waals surface area contributed by atoms with Gasteiger partial charge < -0.3 is 14.3 Å². The Labute approximate surface area is 148 Å². The largest absolute Gasteiger partial charge is 0.460 e. The minimum atomic E-state index is -4.41. The van der Waals surface area contributed by atoms with E-state index in [1.165, 1.54) is 6.07 Å². The molecule has 0 aliphatic carbocycles. The van der Waals surface area contributed by atoms with Crippen molar-refractivity contribution in [1.29, 1.82) is 0 Å². The number of nitrogens with one attached hydrogen (secondary N) is 1. The minimum absolute atomic E-state index is 0.140. The number of rotatable bonds is 5. The topological polar surface area (TPSA) is 47.2 Å². The van der Waals surface area contributed by atoms with E-state index in [-0.39, 0.29) is 12.5 Å². The standard InChI is InChI=1S/C19H19F3N2O2/c1-3-7-23-18(25)16-10-17-15(8-12(2)26-17)24(16)11-13-5-4-6-14(9-13)19(20,21)22/h4-6,8-10H,3,7,11H2,1-2H3,(H,23,25). The normalized spacial score (nSPS) is 11.9. The second-order valence-electron chi connectivity index (χ2n) is 6.18. The van der Waals surface area contributed by atoms with Gasteiger partial charge in [0.2, 0.25) is 0 Å². The number of nitrogens with zero attached hydrogens (tertiary/aromatic N) is 1. The first-order valence-electron chi connectivity index (χ1n) is 8.33. The molecule has 2 aromatic heterocycles. The summed E-state index contributed by atoms with van der Waals surface area (Å²) in [6.07, 6.45) is -3.62. The fraction of sp³-hybridized carbons (Fsp3) is 0.316. The summed E-state index contributed by atoms with van der Waals surface area (Å²) in [5, 5.41) is 2.79. The molecule has 0 unspecified atom stereocenters. The van der Waals surface area contributed by atoms with Crippen molar-refractivity contribution in [2.45, 2.75) is 33.0 Å². The first-order chi connectivity index (χ1) is 12.3. The van der Waals surface area contributed by atoms with Crippen LogP contribution in [0.1, 0.15) is 40.7 Å². The molecule has 2 heterocycles. The fourth-order valence-electron chi connectivity index (χ4n) is 2.88. The molecule has 1 aromatic carbocycles. The number of halogens is 3. The predicted molar refractivity (Wildman–Crippen MR) is 92.1 cm³/mol. The highest BCUT2D eigenvalue weighted by Gasteiger charge is 2.30. The number of furan rings is 1. The average Bonchev–Trinajstić information content (AvgIpc) is 3.09. The van der Waals surface area contributed by atoms with Gasteiger partial charge in [0, 0.05) is 25.2 Å². The van der Waals surface area contributed by atoms with E-state index >= 15 is 0 Å². The predicted octanol–water partition coefficient (Wildman–Crippen LogP) is 4.75. The Morgan fingerprint density at radius 2 is 2.00 bits per heavy atom. The Balaban J connectivity index is 2.01. The Morgan fingerprint density at radius 3 is 2.69 bits per heavy atom. The molecule has 26 heavy (non-hydrogen) atoms. The third-order valence-corrected chi connectivity index (χ3v) is 4.08. The summed E-state index contributed by atoms with van der Waals surface area (Å²) < 4.78 is 46.2. The van der Waals surface area contributed by atoms with Crippen LogP contribution in [0.3, 0.4) is 0 Å². The van der Waals surface area contributed by atoms with Crippen molar-refractivity contribution in [3.05, 3.63) is 59.0 Å². The van der Waals surface area contributed by atoms with Crippen molar-refractivity contribution in [3.8, 4) is 0 Å². The molecule has 7 heteroatoms. The van der Waals surface area contributed by atoms with Gasteiger partial charge in [0.05, 0.1) is 11.1 Å². The molecular formula is C19H19F3N2O2. The molecule has 3 rings (SSSR count).